The van der Waals surface area contributed by atoms with Crippen LogP contribution in [0.3, 0.4) is 0 Å². The summed E-state index contributed by atoms with van der Waals surface area (Å²) in [5.41, 5.74) is 4.29. The molecule has 0 saturated carbocycles. The van der Waals surface area contributed by atoms with Gasteiger partial charge in [0, 0.05) is 23.1 Å². The number of hydrogen-bond donors (Lipinski definition) is 1. The van der Waals surface area contributed by atoms with E-state index in [4.69, 9.17) is 11.2 Å². The molecule has 0 radical (unpaired) electrons. The Balaban J connectivity index is 1.94. The minimum atomic E-state index is -0.484. The van der Waals surface area contributed by atoms with Crippen molar-refractivity contribution in [2.24, 2.45) is 5.41 Å². The summed E-state index contributed by atoms with van der Waals surface area (Å²) in [4.78, 5) is 19.0. The van der Waals surface area contributed by atoms with Crippen LogP contribution in [0.15, 0.2) is 40.6 Å². The van der Waals surface area contributed by atoms with Gasteiger partial charge in [0.2, 0.25) is 0 Å². The van der Waals surface area contributed by atoms with E-state index in [-0.39, 0.29) is 11.2 Å². The Morgan fingerprint density at radius 3 is 2.92 bits per heavy atom. The van der Waals surface area contributed by atoms with Gasteiger partial charge < -0.3 is 10.1 Å². The quantitative estimate of drug-likeness (QED) is 0.649. The van der Waals surface area contributed by atoms with E-state index in [1.165, 1.54) is 0 Å². The van der Waals surface area contributed by atoms with Crippen LogP contribution < -0.4 is 5.32 Å². The van der Waals surface area contributed by atoms with Crippen LogP contribution in [0.5, 0.6) is 0 Å². The smallest absolute Gasteiger partial charge is 0.162 e. The van der Waals surface area contributed by atoms with Gasteiger partial charge in [0.15, 0.2) is 5.78 Å². The second kappa shape index (κ2) is 6.22. The number of nitrogens with one attached hydrogen (secondary N) is 1. The average molecular weight is 366 g/mol. The third-order valence-corrected chi connectivity index (χ3v) is 6.82. The van der Waals surface area contributed by atoms with Crippen LogP contribution in [0.4, 0.5) is 5.82 Å². The monoisotopic (exact) mass is 366 g/mol. The van der Waals surface area contributed by atoms with Crippen molar-refractivity contribution in [3.8, 4) is 12.3 Å². The van der Waals surface area contributed by atoms with Gasteiger partial charge in [-0.25, -0.2) is 4.98 Å². The minimum Gasteiger partial charge on any atom is -0.380 e. The molecule has 4 nitrogen and oxygen atoms in total. The van der Waals surface area contributed by atoms with Crippen molar-refractivity contribution in [3.63, 3.8) is 0 Å². The highest BCUT2D eigenvalue weighted by atomic mass is 32.1. The normalized spacial score (nSPS) is 27.0. The van der Waals surface area contributed by atoms with E-state index in [2.05, 4.69) is 29.2 Å². The number of carbonyl (C=O) groups is 1. The fraction of sp³-hybridized carbons (Fsp3) is 0.429. The second-order valence-electron chi connectivity index (χ2n) is 7.28. The van der Waals surface area contributed by atoms with E-state index in [1.807, 2.05) is 18.5 Å². The number of ketones is 1. The second-order valence-corrected chi connectivity index (χ2v) is 8.14. The van der Waals surface area contributed by atoms with Crippen LogP contribution in [0.2, 0.25) is 0 Å². The zero-order valence-electron chi connectivity index (χ0n) is 15.1. The van der Waals surface area contributed by atoms with E-state index >= 15 is 0 Å². The van der Waals surface area contributed by atoms with Gasteiger partial charge in [0.1, 0.15) is 5.82 Å². The molecule has 5 heteroatoms. The number of allylic oxidation sites excluding steroid dienone is 6. The number of ether oxygens (including phenoxy) is 1. The Hall–Kier alpha value is -2.16. The third-order valence-electron chi connectivity index (χ3n) is 5.83. The average Bonchev–Trinajstić information content (AvgIpc) is 3.08. The summed E-state index contributed by atoms with van der Waals surface area (Å²) in [5, 5.41) is 3.47. The maximum atomic E-state index is 13.4. The molecule has 1 aliphatic carbocycles. The Morgan fingerprint density at radius 2 is 2.31 bits per heavy atom. The lowest BCUT2D eigenvalue weighted by atomic mass is 9.60. The molecule has 1 spiro atoms. The van der Waals surface area contributed by atoms with Gasteiger partial charge in [0.05, 0.1) is 29.0 Å². The number of nitrogens with zero attached hydrogens (tertiary/aromatic N) is 1. The number of Topliss-reactive ketones (excluding diaryl/α,β-unsaturated/α-hetero) is 1. The lowest BCUT2D eigenvalue weighted by molar-refractivity contribution is -0.141. The van der Waals surface area contributed by atoms with Gasteiger partial charge in [-0.2, -0.15) is 0 Å². The Morgan fingerprint density at radius 1 is 1.50 bits per heavy atom. The van der Waals surface area contributed by atoms with Crippen LogP contribution >= 0.6 is 11.3 Å². The number of fused-ring (bicyclic) bond motifs is 1. The molecular formula is C21H22N2O2S. The SMILES string of the molecule is C#C/C=C\C(=C/C)C1(CC)C2=C(CC3(COC3)CC2=O)Nc2ncsc21. The predicted octanol–water partition coefficient (Wildman–Crippen LogP) is 3.99. The Kier molecular flexibility index (Phi) is 4.13. The fourth-order valence-electron chi connectivity index (χ4n) is 4.65. The lowest BCUT2D eigenvalue weighted by Crippen LogP contribution is -2.51. The van der Waals surface area contributed by atoms with Crippen LogP contribution in [0.25, 0.3) is 0 Å². The molecule has 1 aromatic heterocycles. The number of anilines is 1. The Bertz CT molecular complexity index is 895. The van der Waals surface area contributed by atoms with Gasteiger partial charge in [-0.3, -0.25) is 4.79 Å². The predicted molar refractivity (Wildman–Crippen MR) is 104 cm³/mol. The largest absolute Gasteiger partial charge is 0.380 e. The molecule has 1 unspecified atom stereocenters. The van der Waals surface area contributed by atoms with Crippen LogP contribution in [0, 0.1) is 17.8 Å². The van der Waals surface area contributed by atoms with Crippen molar-refractivity contribution in [2.45, 2.75) is 38.5 Å². The number of terminal acetylenes is 1. The Labute approximate surface area is 158 Å². The zero-order chi connectivity index (χ0) is 18.4. The number of rotatable bonds is 3. The van der Waals surface area contributed by atoms with Gasteiger partial charge in [0.25, 0.3) is 0 Å². The van der Waals surface area contributed by atoms with E-state index in [0.29, 0.717) is 19.6 Å². The first-order chi connectivity index (χ1) is 12.6. The van der Waals surface area contributed by atoms with Crippen molar-refractivity contribution in [3.05, 3.63) is 45.5 Å². The topological polar surface area (TPSA) is 51.2 Å². The van der Waals surface area contributed by atoms with Crippen LogP contribution in [-0.2, 0) is 14.9 Å². The first-order valence-electron chi connectivity index (χ1n) is 8.95. The van der Waals surface area contributed by atoms with Crippen LogP contribution in [-0.4, -0.2) is 24.0 Å². The molecule has 1 fully saturated rings. The van der Waals surface area contributed by atoms with Gasteiger partial charge in [-0.15, -0.1) is 17.8 Å². The van der Waals surface area contributed by atoms with Crippen molar-refractivity contribution >= 4 is 22.9 Å². The highest BCUT2D eigenvalue weighted by molar-refractivity contribution is 7.10. The molecule has 0 aromatic carbocycles. The summed E-state index contributed by atoms with van der Waals surface area (Å²) in [7, 11) is 0. The number of thiazole rings is 1. The van der Waals surface area contributed by atoms with Crippen molar-refractivity contribution < 1.29 is 9.53 Å². The van der Waals surface area contributed by atoms with Crippen molar-refractivity contribution in [1.82, 2.24) is 4.98 Å². The van der Waals surface area contributed by atoms with Gasteiger partial charge >= 0.3 is 0 Å². The summed E-state index contributed by atoms with van der Waals surface area (Å²) >= 11 is 1.60. The van der Waals surface area contributed by atoms with E-state index in [1.54, 1.807) is 17.4 Å². The molecule has 0 bridgehead atoms. The molecular weight excluding hydrogens is 344 g/mol. The summed E-state index contributed by atoms with van der Waals surface area (Å²) < 4.78 is 5.44. The number of aromatic nitrogens is 1. The molecule has 134 valence electrons. The van der Waals surface area contributed by atoms with E-state index < -0.39 is 5.41 Å². The first kappa shape index (κ1) is 17.3. The first-order valence-corrected chi connectivity index (χ1v) is 9.83. The van der Waals surface area contributed by atoms with Gasteiger partial charge in [-0.1, -0.05) is 18.9 Å². The molecule has 1 aromatic rings. The summed E-state index contributed by atoms with van der Waals surface area (Å²) in [6.07, 6.45) is 13.4. The molecule has 26 heavy (non-hydrogen) atoms. The fourth-order valence-corrected chi connectivity index (χ4v) is 5.70. The molecule has 3 aliphatic rings. The van der Waals surface area contributed by atoms with Crippen LogP contribution in [0.1, 0.15) is 38.0 Å². The molecule has 4 rings (SSSR count). The van der Waals surface area contributed by atoms with Gasteiger partial charge in [-0.05, 0) is 37.5 Å². The van der Waals surface area contributed by atoms with E-state index in [0.717, 1.165) is 40.4 Å². The standard InChI is InChI=1S/C21H22N2O2S/c1-4-7-8-14(5-2)21(6-3)17-15(23-19-18(21)26-13-22-19)9-20(10-16(17)24)11-25-12-20/h1,5,7-8,13,23H,6,9-12H2,2-3H3/b8-7-,14-5+. The summed E-state index contributed by atoms with van der Waals surface area (Å²) in [6.45, 7) is 5.46. The lowest BCUT2D eigenvalue weighted by Gasteiger charge is -2.49. The summed E-state index contributed by atoms with van der Waals surface area (Å²) in [5.74, 6) is 3.67. The minimum absolute atomic E-state index is 0.0410. The molecule has 1 atom stereocenters. The molecule has 2 aliphatic heterocycles. The molecule has 1 N–H and O–H groups in total. The molecule has 1 saturated heterocycles. The number of carbonyl (C=O) groups excluding carboxylic acids is 1. The zero-order valence-corrected chi connectivity index (χ0v) is 15.9. The maximum Gasteiger partial charge on any atom is 0.162 e. The maximum absolute atomic E-state index is 13.4. The molecule has 3 heterocycles. The highest BCUT2D eigenvalue weighted by Crippen LogP contribution is 2.56. The van der Waals surface area contributed by atoms with E-state index in [9.17, 15) is 4.79 Å². The molecule has 0 amide bonds. The summed E-state index contributed by atoms with van der Waals surface area (Å²) in [6, 6.07) is 0. The number of hydrogen-bond acceptors (Lipinski definition) is 5. The highest BCUT2D eigenvalue weighted by Gasteiger charge is 2.54. The van der Waals surface area contributed by atoms with Crippen molar-refractivity contribution in [2.75, 3.05) is 18.5 Å². The van der Waals surface area contributed by atoms with Crippen molar-refractivity contribution in [1.29, 1.82) is 0 Å². The third kappa shape index (κ3) is 2.26.